The molecule has 1 aromatic carbocycles. The second kappa shape index (κ2) is 7.84. The van der Waals surface area contributed by atoms with E-state index < -0.39 is 17.6 Å². The summed E-state index contributed by atoms with van der Waals surface area (Å²) in [6, 6.07) is 4.69. The fourth-order valence-electron chi connectivity index (χ4n) is 1.62. The Bertz CT molecular complexity index is 484. The normalized spacial score (nSPS) is 12.9. The summed E-state index contributed by atoms with van der Waals surface area (Å²) in [6.07, 6.45) is -0.451. The Hall–Kier alpha value is -1.01. The van der Waals surface area contributed by atoms with Crippen molar-refractivity contribution in [1.82, 2.24) is 5.32 Å². The fraction of sp³-hybridized carbons (Fsp3) is 0.500. The van der Waals surface area contributed by atoms with E-state index in [1.165, 1.54) is 6.07 Å². The molecular weight excluding hydrogens is 317 g/mol. The van der Waals surface area contributed by atoms with Crippen LogP contribution in [0.5, 0.6) is 5.75 Å². The van der Waals surface area contributed by atoms with E-state index in [-0.39, 0.29) is 13.2 Å². The number of rotatable bonds is 7. The highest BCUT2D eigenvalue weighted by molar-refractivity contribution is 6.35. The lowest BCUT2D eigenvalue weighted by atomic mass is 9.98. The zero-order valence-electron chi connectivity index (χ0n) is 11.9. The quantitative estimate of drug-likeness (QED) is 0.712. The van der Waals surface area contributed by atoms with Crippen LogP contribution in [0.25, 0.3) is 0 Å². The van der Waals surface area contributed by atoms with Crippen LogP contribution in [-0.2, 0) is 4.79 Å². The number of aliphatic hydroxyl groups is 2. The van der Waals surface area contributed by atoms with Crippen molar-refractivity contribution >= 4 is 29.1 Å². The minimum Gasteiger partial charge on any atom is -0.479 e. The Morgan fingerprint density at radius 2 is 2.00 bits per heavy atom. The van der Waals surface area contributed by atoms with Crippen molar-refractivity contribution in [2.75, 3.05) is 13.2 Å². The summed E-state index contributed by atoms with van der Waals surface area (Å²) in [5.41, 5.74) is -1.06. The van der Waals surface area contributed by atoms with Gasteiger partial charge in [-0.15, -0.1) is 0 Å². The molecule has 118 valence electrons. The number of halogens is 2. The highest BCUT2D eigenvalue weighted by Gasteiger charge is 2.31. The van der Waals surface area contributed by atoms with Crippen LogP contribution in [0, 0.1) is 0 Å². The molecule has 0 aliphatic rings. The van der Waals surface area contributed by atoms with Crippen LogP contribution in [0.15, 0.2) is 18.2 Å². The molecule has 0 bridgehead atoms. The van der Waals surface area contributed by atoms with Gasteiger partial charge in [-0.3, -0.25) is 4.79 Å². The topological polar surface area (TPSA) is 78.8 Å². The zero-order valence-corrected chi connectivity index (χ0v) is 13.4. The van der Waals surface area contributed by atoms with Crippen LogP contribution in [0.4, 0.5) is 0 Å². The van der Waals surface area contributed by atoms with Gasteiger partial charge in [0.2, 0.25) is 0 Å². The number of amides is 1. The molecule has 3 N–H and O–H groups in total. The van der Waals surface area contributed by atoms with Crippen molar-refractivity contribution in [2.24, 2.45) is 0 Å². The summed E-state index contributed by atoms with van der Waals surface area (Å²) in [7, 11) is 0. The Morgan fingerprint density at radius 1 is 1.38 bits per heavy atom. The Morgan fingerprint density at radius 3 is 2.48 bits per heavy atom. The largest absolute Gasteiger partial charge is 0.479 e. The lowest BCUT2D eigenvalue weighted by Crippen LogP contribution is -2.56. The van der Waals surface area contributed by atoms with Crippen LogP contribution in [0.3, 0.4) is 0 Å². The molecule has 0 radical (unpaired) electrons. The van der Waals surface area contributed by atoms with Crippen molar-refractivity contribution in [2.45, 2.75) is 31.9 Å². The summed E-state index contributed by atoms with van der Waals surface area (Å²) in [5, 5.41) is 22.0. The van der Waals surface area contributed by atoms with Gasteiger partial charge in [-0.05, 0) is 31.5 Å². The van der Waals surface area contributed by atoms with Crippen LogP contribution >= 0.6 is 23.2 Å². The third-order valence-corrected chi connectivity index (χ3v) is 3.77. The lowest BCUT2D eigenvalue weighted by Gasteiger charge is -2.31. The van der Waals surface area contributed by atoms with E-state index in [2.05, 4.69) is 5.32 Å². The molecule has 0 saturated heterocycles. The Labute approximate surface area is 133 Å². The predicted molar refractivity (Wildman–Crippen MR) is 81.9 cm³/mol. The minimum atomic E-state index is -1.06. The first kappa shape index (κ1) is 18.0. The van der Waals surface area contributed by atoms with Crippen LogP contribution in [0.2, 0.25) is 10.0 Å². The van der Waals surface area contributed by atoms with Gasteiger partial charge in [0.05, 0.1) is 23.8 Å². The number of carbonyl (C=O) groups excluding carboxylic acids is 1. The van der Waals surface area contributed by atoms with Crippen molar-refractivity contribution < 1.29 is 19.7 Å². The van der Waals surface area contributed by atoms with E-state index in [1.54, 1.807) is 26.0 Å². The van der Waals surface area contributed by atoms with Gasteiger partial charge < -0.3 is 20.3 Å². The van der Waals surface area contributed by atoms with Gasteiger partial charge in [0.15, 0.2) is 6.10 Å². The van der Waals surface area contributed by atoms with Gasteiger partial charge in [0.1, 0.15) is 5.75 Å². The molecule has 0 saturated carbocycles. The average molecular weight is 336 g/mol. The van der Waals surface area contributed by atoms with Gasteiger partial charge in [-0.1, -0.05) is 30.1 Å². The summed E-state index contributed by atoms with van der Waals surface area (Å²) in [4.78, 5) is 12.1. The predicted octanol–water partition coefficient (Wildman–Crippen LogP) is 2.01. The third kappa shape index (κ3) is 4.74. The summed E-state index contributed by atoms with van der Waals surface area (Å²) < 4.78 is 5.48. The number of aliphatic hydroxyl groups excluding tert-OH is 2. The number of nitrogens with one attached hydrogen (secondary N) is 1. The maximum atomic E-state index is 12.1. The lowest BCUT2D eigenvalue weighted by molar-refractivity contribution is -0.130. The molecule has 1 aromatic rings. The van der Waals surface area contributed by atoms with Crippen molar-refractivity contribution in [3.05, 3.63) is 28.2 Å². The number of carbonyl (C=O) groups is 1. The monoisotopic (exact) mass is 335 g/mol. The van der Waals surface area contributed by atoms with E-state index >= 15 is 0 Å². The number of hydrogen-bond donors (Lipinski definition) is 3. The molecule has 0 heterocycles. The van der Waals surface area contributed by atoms with E-state index in [0.29, 0.717) is 22.2 Å². The molecule has 1 rings (SSSR count). The van der Waals surface area contributed by atoms with Gasteiger partial charge >= 0.3 is 0 Å². The average Bonchev–Trinajstić information content (AvgIpc) is 2.47. The zero-order chi connectivity index (χ0) is 16.0. The van der Waals surface area contributed by atoms with E-state index in [9.17, 15) is 15.0 Å². The molecule has 0 fully saturated rings. The Kier molecular flexibility index (Phi) is 6.74. The fourth-order valence-corrected chi connectivity index (χ4v) is 2.07. The molecule has 0 spiro atoms. The maximum absolute atomic E-state index is 12.1. The van der Waals surface area contributed by atoms with Crippen molar-refractivity contribution in [3.8, 4) is 5.75 Å². The van der Waals surface area contributed by atoms with E-state index in [1.807, 2.05) is 0 Å². The molecule has 0 aromatic heterocycles. The highest BCUT2D eigenvalue weighted by Crippen LogP contribution is 2.28. The van der Waals surface area contributed by atoms with Crippen molar-refractivity contribution in [3.63, 3.8) is 0 Å². The van der Waals surface area contributed by atoms with Gasteiger partial charge in [-0.2, -0.15) is 0 Å². The molecule has 5 nitrogen and oxygen atoms in total. The first-order chi connectivity index (χ1) is 9.87. The Balaban J connectivity index is 2.74. The van der Waals surface area contributed by atoms with Crippen LogP contribution in [-0.4, -0.2) is 41.0 Å². The van der Waals surface area contributed by atoms with E-state index in [4.69, 9.17) is 27.9 Å². The molecule has 1 amide bonds. The number of benzene rings is 1. The first-order valence-corrected chi connectivity index (χ1v) is 7.28. The van der Waals surface area contributed by atoms with E-state index in [0.717, 1.165) is 0 Å². The maximum Gasteiger partial charge on any atom is 0.261 e. The molecule has 1 atom stereocenters. The van der Waals surface area contributed by atoms with Gasteiger partial charge in [-0.25, -0.2) is 0 Å². The molecular formula is C14H19Cl2NO4. The summed E-state index contributed by atoms with van der Waals surface area (Å²) in [5.74, 6) is -0.121. The molecule has 0 aliphatic heterocycles. The number of hydrogen-bond acceptors (Lipinski definition) is 4. The molecule has 0 aliphatic carbocycles. The third-order valence-electron chi connectivity index (χ3n) is 3.24. The standard InChI is InChI=1S/C14H19Cl2NO4/c1-3-14(7-18,8-19)17-13(20)9(2)21-12-5-4-10(15)6-11(12)16/h4-6,9,18-19H,3,7-8H2,1-2H3,(H,17,20). The van der Waals surface area contributed by atoms with Gasteiger partial charge in [0.25, 0.3) is 5.91 Å². The highest BCUT2D eigenvalue weighted by atomic mass is 35.5. The molecule has 7 heteroatoms. The molecule has 21 heavy (non-hydrogen) atoms. The van der Waals surface area contributed by atoms with Crippen LogP contribution in [0.1, 0.15) is 20.3 Å². The van der Waals surface area contributed by atoms with Gasteiger partial charge in [0, 0.05) is 5.02 Å². The van der Waals surface area contributed by atoms with Crippen molar-refractivity contribution in [1.29, 1.82) is 0 Å². The summed E-state index contributed by atoms with van der Waals surface area (Å²) >= 11 is 11.8. The SMILES string of the molecule is CCC(CO)(CO)NC(=O)C(C)Oc1ccc(Cl)cc1Cl. The smallest absolute Gasteiger partial charge is 0.261 e. The second-order valence-corrected chi connectivity index (χ2v) is 5.62. The first-order valence-electron chi connectivity index (χ1n) is 6.53. The minimum absolute atomic E-state index is 0.299. The number of ether oxygens (including phenoxy) is 1. The molecule has 1 unspecified atom stereocenters. The second-order valence-electron chi connectivity index (χ2n) is 4.77. The van der Waals surface area contributed by atoms with Crippen LogP contribution < -0.4 is 10.1 Å². The summed E-state index contributed by atoms with van der Waals surface area (Å²) in [6.45, 7) is 2.59.